The van der Waals surface area contributed by atoms with Gasteiger partial charge in [0.25, 0.3) is 0 Å². The van der Waals surface area contributed by atoms with E-state index in [0.29, 0.717) is 12.0 Å². The molecule has 5 nitrogen and oxygen atoms in total. The predicted octanol–water partition coefficient (Wildman–Crippen LogP) is 5.82. The summed E-state index contributed by atoms with van der Waals surface area (Å²) in [6, 6.07) is 28.8. The number of anilines is 1. The van der Waals surface area contributed by atoms with Crippen molar-refractivity contribution in [3.63, 3.8) is 0 Å². The number of hydrogen-bond donors (Lipinski definition) is 1. The highest BCUT2D eigenvalue weighted by molar-refractivity contribution is 6.89. The van der Waals surface area contributed by atoms with Crippen molar-refractivity contribution in [2.75, 3.05) is 12.4 Å². The fourth-order valence-electron chi connectivity index (χ4n) is 4.84. The monoisotopic (exact) mass is 496 g/mol. The van der Waals surface area contributed by atoms with Gasteiger partial charge in [0.1, 0.15) is 0 Å². The Morgan fingerprint density at radius 2 is 1.64 bits per heavy atom. The lowest BCUT2D eigenvalue weighted by molar-refractivity contribution is -0.116. The standard InChI is InChI=1S/C30H32N2O3Si/c1-35-30(34)25-16-14-22(15-17-25)19-23(21-36(2,3)26-11-5-4-6-12-26)20-28(33)32-27-13-7-9-24-10-8-18-31-29(24)27/h4-18,23H,19-21H2,1-3H3,(H,32,33). The van der Waals surface area contributed by atoms with Gasteiger partial charge >= 0.3 is 5.97 Å². The van der Waals surface area contributed by atoms with Crippen LogP contribution < -0.4 is 10.5 Å². The second kappa shape index (κ2) is 11.3. The van der Waals surface area contributed by atoms with Gasteiger partial charge in [-0.05, 0) is 48.2 Å². The number of hydrogen-bond acceptors (Lipinski definition) is 4. The van der Waals surface area contributed by atoms with Gasteiger partial charge in [-0.2, -0.15) is 0 Å². The molecule has 0 spiro atoms. The number of pyridine rings is 1. The summed E-state index contributed by atoms with van der Waals surface area (Å²) in [5, 5.41) is 5.49. The Labute approximate surface area is 213 Å². The van der Waals surface area contributed by atoms with Crippen molar-refractivity contribution < 1.29 is 14.3 Å². The summed E-state index contributed by atoms with van der Waals surface area (Å²) in [4.78, 5) is 29.6. The van der Waals surface area contributed by atoms with Gasteiger partial charge in [0, 0.05) is 18.0 Å². The molecule has 0 aliphatic carbocycles. The highest BCUT2D eigenvalue weighted by atomic mass is 28.3. The van der Waals surface area contributed by atoms with E-state index in [1.165, 1.54) is 12.3 Å². The van der Waals surface area contributed by atoms with Gasteiger partial charge in [-0.3, -0.25) is 9.78 Å². The van der Waals surface area contributed by atoms with Crippen LogP contribution in [0.3, 0.4) is 0 Å². The summed E-state index contributed by atoms with van der Waals surface area (Å²) >= 11 is 0. The van der Waals surface area contributed by atoms with E-state index in [4.69, 9.17) is 4.74 Å². The molecule has 1 heterocycles. The lowest BCUT2D eigenvalue weighted by Gasteiger charge is -2.28. The summed E-state index contributed by atoms with van der Waals surface area (Å²) in [6.45, 7) is 4.73. The summed E-state index contributed by atoms with van der Waals surface area (Å²) < 4.78 is 4.82. The van der Waals surface area contributed by atoms with E-state index < -0.39 is 8.07 Å². The van der Waals surface area contributed by atoms with Crippen molar-refractivity contribution in [3.8, 4) is 0 Å². The Balaban J connectivity index is 1.54. The third-order valence-corrected chi connectivity index (χ3v) is 10.1. The predicted molar refractivity (Wildman–Crippen MR) is 148 cm³/mol. The summed E-state index contributed by atoms with van der Waals surface area (Å²) in [5.41, 5.74) is 3.16. The number of amides is 1. The van der Waals surface area contributed by atoms with E-state index in [-0.39, 0.29) is 17.8 Å². The fourth-order valence-corrected chi connectivity index (χ4v) is 7.90. The van der Waals surface area contributed by atoms with Crippen LogP contribution in [0.5, 0.6) is 0 Å². The number of methoxy groups -OCH3 is 1. The molecule has 1 unspecified atom stereocenters. The molecule has 1 aromatic heterocycles. The number of benzene rings is 3. The van der Waals surface area contributed by atoms with Crippen LogP contribution in [0.2, 0.25) is 19.1 Å². The molecule has 184 valence electrons. The normalized spacial score (nSPS) is 12.2. The lowest BCUT2D eigenvalue weighted by Crippen LogP contribution is -2.43. The third kappa shape index (κ3) is 6.26. The van der Waals surface area contributed by atoms with Crippen LogP contribution >= 0.6 is 0 Å². The highest BCUT2D eigenvalue weighted by Gasteiger charge is 2.29. The van der Waals surface area contributed by atoms with E-state index in [0.717, 1.165) is 34.6 Å². The molecule has 0 saturated carbocycles. The molecule has 0 aliphatic heterocycles. The van der Waals surface area contributed by atoms with Gasteiger partial charge in [-0.25, -0.2) is 4.79 Å². The molecule has 0 bridgehead atoms. The molecule has 0 radical (unpaired) electrons. The van der Waals surface area contributed by atoms with Crippen molar-refractivity contribution in [1.29, 1.82) is 0 Å². The Bertz CT molecular complexity index is 1330. The van der Waals surface area contributed by atoms with E-state index in [9.17, 15) is 9.59 Å². The van der Waals surface area contributed by atoms with Gasteiger partial charge < -0.3 is 10.1 Å². The minimum Gasteiger partial charge on any atom is -0.465 e. The number of aromatic nitrogens is 1. The Hall–Kier alpha value is -3.77. The summed E-state index contributed by atoms with van der Waals surface area (Å²) in [5.74, 6) is -0.209. The van der Waals surface area contributed by atoms with Crippen LogP contribution in [0, 0.1) is 5.92 Å². The number of nitrogens with one attached hydrogen (secondary N) is 1. The zero-order valence-electron chi connectivity index (χ0n) is 21.0. The zero-order chi connectivity index (χ0) is 25.5. The van der Waals surface area contributed by atoms with Gasteiger partial charge in [0.15, 0.2) is 0 Å². The van der Waals surface area contributed by atoms with Crippen LogP contribution in [-0.2, 0) is 16.0 Å². The van der Waals surface area contributed by atoms with Crippen molar-refractivity contribution in [3.05, 3.63) is 102 Å². The highest BCUT2D eigenvalue weighted by Crippen LogP contribution is 2.26. The maximum absolute atomic E-state index is 13.3. The lowest BCUT2D eigenvalue weighted by atomic mass is 9.96. The van der Waals surface area contributed by atoms with Crippen LogP contribution in [0.25, 0.3) is 10.9 Å². The van der Waals surface area contributed by atoms with Crippen LogP contribution in [0.4, 0.5) is 5.69 Å². The van der Waals surface area contributed by atoms with Crippen molar-refractivity contribution in [2.45, 2.75) is 32.0 Å². The van der Waals surface area contributed by atoms with E-state index in [1.54, 1.807) is 18.3 Å². The molecule has 1 amide bonds. The molecular weight excluding hydrogens is 464 g/mol. The maximum atomic E-state index is 13.3. The van der Waals surface area contributed by atoms with Crippen molar-refractivity contribution >= 4 is 41.7 Å². The number of para-hydroxylation sites is 1. The molecular formula is C30H32N2O3Si. The second-order valence-corrected chi connectivity index (χ2v) is 14.6. The average molecular weight is 497 g/mol. The first kappa shape index (κ1) is 25.3. The van der Waals surface area contributed by atoms with Crippen molar-refractivity contribution in [2.24, 2.45) is 5.92 Å². The van der Waals surface area contributed by atoms with Crippen LogP contribution in [0.1, 0.15) is 22.3 Å². The maximum Gasteiger partial charge on any atom is 0.337 e. The summed E-state index contributed by atoms with van der Waals surface area (Å²) in [6.07, 6.45) is 2.91. The first-order valence-corrected chi connectivity index (χ1v) is 15.4. The largest absolute Gasteiger partial charge is 0.465 e. The molecule has 0 saturated heterocycles. The first-order valence-electron chi connectivity index (χ1n) is 12.2. The molecule has 4 aromatic rings. The number of carbonyl (C=O) groups excluding carboxylic acids is 2. The Kier molecular flexibility index (Phi) is 7.96. The number of rotatable bonds is 9. The van der Waals surface area contributed by atoms with Gasteiger partial charge in [0.2, 0.25) is 5.91 Å². The SMILES string of the molecule is COC(=O)c1ccc(CC(CC(=O)Nc2cccc3cccnc23)C[Si](C)(C)c2ccccc2)cc1. The molecule has 1 atom stereocenters. The quantitative estimate of drug-likeness (QED) is 0.234. The number of ether oxygens (including phenoxy) is 1. The number of esters is 1. The van der Waals surface area contributed by atoms with Gasteiger partial charge in [-0.1, -0.05) is 78.9 Å². The van der Waals surface area contributed by atoms with Gasteiger partial charge in [-0.15, -0.1) is 0 Å². The number of nitrogens with zero attached hydrogens (tertiary/aromatic N) is 1. The number of fused-ring (bicyclic) bond motifs is 1. The second-order valence-electron chi connectivity index (χ2n) is 9.85. The molecule has 6 heteroatoms. The van der Waals surface area contributed by atoms with Gasteiger partial charge in [0.05, 0.1) is 32.0 Å². The molecule has 3 aromatic carbocycles. The topological polar surface area (TPSA) is 68.3 Å². The molecule has 4 rings (SSSR count). The smallest absolute Gasteiger partial charge is 0.337 e. The molecule has 0 aliphatic rings. The third-order valence-electron chi connectivity index (χ3n) is 6.63. The number of carbonyl (C=O) groups is 2. The molecule has 0 fully saturated rings. The average Bonchev–Trinajstić information content (AvgIpc) is 2.89. The van der Waals surface area contributed by atoms with Crippen molar-refractivity contribution in [1.82, 2.24) is 4.98 Å². The van der Waals surface area contributed by atoms with E-state index in [2.05, 4.69) is 47.7 Å². The van der Waals surface area contributed by atoms with Crippen LogP contribution in [-0.4, -0.2) is 32.0 Å². The minimum absolute atomic E-state index is 0.0119. The fraction of sp³-hybridized carbons (Fsp3) is 0.233. The Morgan fingerprint density at radius 3 is 2.36 bits per heavy atom. The van der Waals surface area contributed by atoms with Crippen LogP contribution in [0.15, 0.2) is 91.1 Å². The summed E-state index contributed by atoms with van der Waals surface area (Å²) in [7, 11) is -0.418. The zero-order valence-corrected chi connectivity index (χ0v) is 22.0. The first-order chi connectivity index (χ1) is 17.4. The minimum atomic E-state index is -1.80. The molecule has 36 heavy (non-hydrogen) atoms. The van der Waals surface area contributed by atoms with E-state index >= 15 is 0 Å². The van der Waals surface area contributed by atoms with E-state index in [1.807, 2.05) is 48.5 Å². The Morgan fingerprint density at radius 1 is 0.917 bits per heavy atom. The molecule has 1 N–H and O–H groups in total.